The molecule has 2 amide bonds. The van der Waals surface area contributed by atoms with E-state index in [-0.39, 0.29) is 6.23 Å². The van der Waals surface area contributed by atoms with E-state index in [0.29, 0.717) is 6.61 Å². The van der Waals surface area contributed by atoms with Crippen LogP contribution in [-0.4, -0.2) is 18.9 Å². The lowest BCUT2D eigenvalue weighted by molar-refractivity contribution is 0.241. The molecule has 0 aromatic carbocycles. The number of carbonyl (C=O) groups excluding carboxylic acids is 1. The lowest BCUT2D eigenvalue weighted by atomic mass is 10.7. The minimum Gasteiger partial charge on any atom is -0.350 e. The molecular weight excluding hydrogens is 96.0 g/mol. The van der Waals surface area contributed by atoms with Crippen molar-refractivity contribution in [3.63, 3.8) is 0 Å². The van der Waals surface area contributed by atoms with Crippen LogP contribution in [0.15, 0.2) is 0 Å². The summed E-state index contributed by atoms with van der Waals surface area (Å²) in [7, 11) is 0. The van der Waals surface area contributed by atoms with Crippen LogP contribution in [0.3, 0.4) is 0 Å². The van der Waals surface area contributed by atoms with Gasteiger partial charge in [0.1, 0.15) is 0 Å². The first kappa shape index (κ1) is 4.39. The van der Waals surface area contributed by atoms with Crippen molar-refractivity contribution in [3.05, 3.63) is 0 Å². The third-order valence-corrected chi connectivity index (χ3v) is 0.587. The molecule has 7 heavy (non-hydrogen) atoms. The molecule has 1 aliphatic heterocycles. The van der Waals surface area contributed by atoms with Crippen LogP contribution in [0.25, 0.3) is 0 Å². The van der Waals surface area contributed by atoms with E-state index in [4.69, 9.17) is 0 Å². The van der Waals surface area contributed by atoms with E-state index in [9.17, 15) is 4.79 Å². The van der Waals surface area contributed by atoms with Crippen LogP contribution >= 0.6 is 0 Å². The first-order valence-corrected chi connectivity index (χ1v) is 1.91. The Labute approximate surface area is 40.6 Å². The summed E-state index contributed by atoms with van der Waals surface area (Å²) in [5, 5.41) is 3.31. The summed E-state index contributed by atoms with van der Waals surface area (Å²) in [6.07, 6.45) is -0.225. The minimum absolute atomic E-state index is 0.225. The number of ether oxygens (including phenoxy) is 1. The van der Waals surface area contributed by atoms with Crippen molar-refractivity contribution in [3.8, 4) is 0 Å². The van der Waals surface area contributed by atoms with Gasteiger partial charge in [-0.15, -0.1) is 0 Å². The molecule has 1 aliphatic rings. The summed E-state index contributed by atoms with van der Waals surface area (Å²) in [6.45, 7) is 0.545. The molecule has 4 nitrogen and oxygen atoms in total. The Morgan fingerprint density at radius 1 is 2.00 bits per heavy atom. The van der Waals surface area contributed by atoms with Crippen molar-refractivity contribution >= 4 is 6.03 Å². The number of nitrogens with zero attached hydrogens (tertiary/aromatic N) is 1. The second-order valence-corrected chi connectivity index (χ2v) is 1.26. The maximum atomic E-state index is 9.83. The molecule has 1 fully saturated rings. The van der Waals surface area contributed by atoms with E-state index in [1.54, 1.807) is 0 Å². The highest BCUT2D eigenvalue weighted by molar-refractivity contribution is 5.71. The number of nitrogens with two attached hydrogens (primary N) is 1. The van der Waals surface area contributed by atoms with Gasteiger partial charge in [0.15, 0.2) is 6.23 Å². The van der Waals surface area contributed by atoms with Crippen molar-refractivity contribution < 1.29 is 9.53 Å². The molecule has 0 saturated carbocycles. The van der Waals surface area contributed by atoms with Gasteiger partial charge in [-0.3, -0.25) is 0 Å². The van der Waals surface area contributed by atoms with Gasteiger partial charge in [0.25, 0.3) is 0 Å². The number of hydrogen-bond donors (Lipinski definition) is 1. The summed E-state index contributed by atoms with van der Waals surface area (Å²) in [5.41, 5.74) is 4.65. The average Bonchev–Trinajstić information content (AvgIpc) is 2.17. The summed E-state index contributed by atoms with van der Waals surface area (Å²) < 4.78 is 4.55. The summed E-state index contributed by atoms with van der Waals surface area (Å²) in [5.74, 6) is 0. The molecule has 0 aromatic heterocycles. The average molecular weight is 101 g/mol. The van der Waals surface area contributed by atoms with Gasteiger partial charge >= 0.3 is 6.03 Å². The maximum Gasteiger partial charge on any atom is 0.336 e. The van der Waals surface area contributed by atoms with Crippen LogP contribution in [0.1, 0.15) is 0 Å². The normalized spacial score (nSPS) is 26.6. The van der Waals surface area contributed by atoms with Crippen molar-refractivity contribution in [1.29, 1.82) is 0 Å². The lowest BCUT2D eigenvalue weighted by Crippen LogP contribution is -2.24. The number of carbonyl (C=O) groups is 1. The number of amides is 2. The van der Waals surface area contributed by atoms with E-state index in [0.717, 1.165) is 0 Å². The Bertz CT molecular complexity index is 88.9. The standard InChI is InChI=1S/C3H5N2O2/c4-3(6)5-2-1-7-2/h2H,1H2,(H2,4,6). The zero-order valence-electron chi connectivity index (χ0n) is 3.63. The Morgan fingerprint density at radius 3 is 2.71 bits per heavy atom. The van der Waals surface area contributed by atoms with Gasteiger partial charge in [-0.05, 0) is 0 Å². The van der Waals surface area contributed by atoms with E-state index in [2.05, 4.69) is 15.8 Å². The molecule has 0 bridgehead atoms. The SMILES string of the molecule is NC(=O)[N]C1CO1. The van der Waals surface area contributed by atoms with Crippen LogP contribution in [0.5, 0.6) is 0 Å². The fraction of sp³-hybridized carbons (Fsp3) is 0.667. The molecule has 1 heterocycles. The van der Waals surface area contributed by atoms with Gasteiger partial charge in [-0.25, -0.2) is 4.79 Å². The summed E-state index contributed by atoms with van der Waals surface area (Å²) in [6, 6.07) is -0.650. The molecule has 39 valence electrons. The molecule has 1 saturated heterocycles. The number of urea groups is 1. The first-order chi connectivity index (χ1) is 3.29. The van der Waals surface area contributed by atoms with Crippen molar-refractivity contribution in [2.24, 2.45) is 5.73 Å². The molecule has 1 unspecified atom stereocenters. The third kappa shape index (κ3) is 1.41. The second kappa shape index (κ2) is 1.38. The number of rotatable bonds is 1. The van der Waals surface area contributed by atoms with Crippen LogP contribution in [-0.2, 0) is 4.74 Å². The van der Waals surface area contributed by atoms with Gasteiger partial charge in [0, 0.05) is 0 Å². The molecule has 1 rings (SSSR count). The van der Waals surface area contributed by atoms with E-state index < -0.39 is 6.03 Å². The van der Waals surface area contributed by atoms with E-state index in [1.807, 2.05) is 0 Å². The van der Waals surface area contributed by atoms with Crippen molar-refractivity contribution in [1.82, 2.24) is 5.32 Å². The van der Waals surface area contributed by atoms with E-state index in [1.165, 1.54) is 0 Å². The minimum atomic E-state index is -0.650. The van der Waals surface area contributed by atoms with E-state index >= 15 is 0 Å². The number of epoxide rings is 1. The Kier molecular flexibility index (Phi) is 0.867. The Balaban J connectivity index is 2.08. The van der Waals surface area contributed by atoms with Gasteiger partial charge in [0.05, 0.1) is 6.61 Å². The van der Waals surface area contributed by atoms with Crippen molar-refractivity contribution in [2.45, 2.75) is 6.23 Å². The molecule has 4 heteroatoms. The molecule has 0 aromatic rings. The fourth-order valence-corrected chi connectivity index (χ4v) is 0.259. The number of hydrogen-bond acceptors (Lipinski definition) is 2. The molecule has 2 N–H and O–H groups in total. The molecule has 0 spiro atoms. The zero-order valence-corrected chi connectivity index (χ0v) is 3.63. The third-order valence-electron chi connectivity index (χ3n) is 0.587. The van der Waals surface area contributed by atoms with Gasteiger partial charge in [-0.2, -0.15) is 5.32 Å². The lowest BCUT2D eigenvalue weighted by Gasteiger charge is -1.84. The first-order valence-electron chi connectivity index (χ1n) is 1.91. The molecule has 1 atom stereocenters. The predicted octanol–water partition coefficient (Wildman–Crippen LogP) is -0.974. The van der Waals surface area contributed by atoms with Crippen LogP contribution in [0, 0.1) is 0 Å². The Morgan fingerprint density at radius 2 is 2.57 bits per heavy atom. The number of primary amides is 1. The fourth-order valence-electron chi connectivity index (χ4n) is 0.259. The van der Waals surface area contributed by atoms with Gasteiger partial charge < -0.3 is 10.5 Å². The van der Waals surface area contributed by atoms with Crippen LogP contribution in [0.2, 0.25) is 0 Å². The largest absolute Gasteiger partial charge is 0.350 e. The molecule has 1 radical (unpaired) electrons. The van der Waals surface area contributed by atoms with Crippen molar-refractivity contribution in [2.75, 3.05) is 6.61 Å². The molecular formula is C3H5N2O2. The maximum absolute atomic E-state index is 9.83. The van der Waals surface area contributed by atoms with Gasteiger partial charge in [0.2, 0.25) is 0 Å². The predicted molar refractivity (Wildman–Crippen MR) is 21.5 cm³/mol. The zero-order chi connectivity index (χ0) is 5.28. The Hall–Kier alpha value is -0.770. The highest BCUT2D eigenvalue weighted by Crippen LogP contribution is 2.03. The second-order valence-electron chi connectivity index (χ2n) is 1.26. The van der Waals surface area contributed by atoms with Crippen LogP contribution in [0.4, 0.5) is 4.79 Å². The summed E-state index contributed by atoms with van der Waals surface area (Å²) in [4.78, 5) is 9.83. The van der Waals surface area contributed by atoms with Crippen LogP contribution < -0.4 is 11.1 Å². The smallest absolute Gasteiger partial charge is 0.336 e. The highest BCUT2D eigenvalue weighted by Gasteiger charge is 2.25. The topological polar surface area (TPSA) is 69.7 Å². The quantitative estimate of drug-likeness (QED) is 0.431. The summed E-state index contributed by atoms with van der Waals surface area (Å²) >= 11 is 0. The molecule has 0 aliphatic carbocycles. The monoisotopic (exact) mass is 101 g/mol. The highest BCUT2D eigenvalue weighted by atomic mass is 16.6. The van der Waals surface area contributed by atoms with Gasteiger partial charge in [-0.1, -0.05) is 0 Å².